The third-order valence-electron chi connectivity index (χ3n) is 2.70. The SMILES string of the molecule is CS/C(N)=N/N=C\c1ccc(OCc2ccccc2)cc1. The third kappa shape index (κ3) is 5.31. The van der Waals surface area contributed by atoms with Gasteiger partial charge in [0.1, 0.15) is 12.4 Å². The topological polar surface area (TPSA) is 60.0 Å². The Balaban J connectivity index is 1.90. The summed E-state index contributed by atoms with van der Waals surface area (Å²) in [7, 11) is 0. The second-order valence-corrected chi connectivity index (χ2v) is 5.06. The average molecular weight is 299 g/mol. The number of rotatable bonds is 5. The first kappa shape index (κ1) is 15.1. The molecule has 2 aromatic rings. The first-order chi connectivity index (χ1) is 10.3. The maximum absolute atomic E-state index is 5.71. The predicted molar refractivity (Wildman–Crippen MR) is 89.9 cm³/mol. The van der Waals surface area contributed by atoms with Gasteiger partial charge in [0.05, 0.1) is 6.21 Å². The van der Waals surface area contributed by atoms with Crippen LogP contribution in [0.25, 0.3) is 0 Å². The molecular formula is C16H17N3OS. The Hall–Kier alpha value is -2.27. The summed E-state index contributed by atoms with van der Waals surface area (Å²) in [6, 6.07) is 17.7. The van der Waals surface area contributed by atoms with Crippen molar-refractivity contribution in [2.24, 2.45) is 15.9 Å². The van der Waals surface area contributed by atoms with Crippen molar-refractivity contribution in [2.45, 2.75) is 6.61 Å². The van der Waals surface area contributed by atoms with Gasteiger partial charge in [0.2, 0.25) is 0 Å². The second kappa shape index (κ2) is 8.11. The number of nitrogens with zero attached hydrogens (tertiary/aromatic N) is 2. The van der Waals surface area contributed by atoms with E-state index >= 15 is 0 Å². The van der Waals surface area contributed by atoms with Gasteiger partial charge in [0.15, 0.2) is 5.17 Å². The summed E-state index contributed by atoms with van der Waals surface area (Å²) in [5, 5.41) is 8.18. The number of thioether (sulfide) groups is 1. The highest BCUT2D eigenvalue weighted by Gasteiger charge is 1.95. The predicted octanol–water partition coefficient (Wildman–Crippen LogP) is 3.28. The van der Waals surface area contributed by atoms with E-state index in [1.165, 1.54) is 11.8 Å². The number of nitrogens with two attached hydrogens (primary N) is 1. The van der Waals surface area contributed by atoms with Crippen LogP contribution in [-0.4, -0.2) is 17.6 Å². The molecule has 0 fully saturated rings. The van der Waals surface area contributed by atoms with Crippen molar-refractivity contribution < 1.29 is 4.74 Å². The van der Waals surface area contributed by atoms with Crippen LogP contribution >= 0.6 is 11.8 Å². The molecule has 2 rings (SSSR count). The van der Waals surface area contributed by atoms with Crippen molar-refractivity contribution >= 4 is 23.1 Å². The molecule has 0 aliphatic rings. The van der Waals surface area contributed by atoms with Crippen LogP contribution in [0.3, 0.4) is 0 Å². The van der Waals surface area contributed by atoms with E-state index in [1.54, 1.807) is 6.21 Å². The molecule has 0 saturated heterocycles. The van der Waals surface area contributed by atoms with E-state index in [9.17, 15) is 0 Å². The number of ether oxygens (including phenoxy) is 1. The van der Waals surface area contributed by atoms with E-state index in [0.29, 0.717) is 11.8 Å². The normalized spacial score (nSPS) is 11.8. The van der Waals surface area contributed by atoms with Crippen molar-refractivity contribution in [3.05, 3.63) is 65.7 Å². The Morgan fingerprint density at radius 2 is 1.86 bits per heavy atom. The molecule has 0 amide bonds. The molecule has 0 aliphatic carbocycles. The Morgan fingerprint density at radius 3 is 2.52 bits per heavy atom. The Morgan fingerprint density at radius 1 is 1.14 bits per heavy atom. The Kier molecular flexibility index (Phi) is 5.84. The minimum atomic E-state index is 0.439. The first-order valence-corrected chi connectivity index (χ1v) is 7.67. The molecule has 0 aromatic heterocycles. The fraction of sp³-hybridized carbons (Fsp3) is 0.125. The van der Waals surface area contributed by atoms with Crippen molar-refractivity contribution in [3.63, 3.8) is 0 Å². The maximum Gasteiger partial charge on any atom is 0.180 e. The molecule has 0 aliphatic heterocycles. The molecule has 0 heterocycles. The monoisotopic (exact) mass is 299 g/mol. The molecule has 0 radical (unpaired) electrons. The van der Waals surface area contributed by atoms with E-state index in [1.807, 2.05) is 60.9 Å². The lowest BCUT2D eigenvalue weighted by atomic mass is 10.2. The van der Waals surface area contributed by atoms with Crippen molar-refractivity contribution in [1.82, 2.24) is 0 Å². The number of amidine groups is 1. The van der Waals surface area contributed by atoms with Crippen LogP contribution in [0, 0.1) is 0 Å². The average Bonchev–Trinajstić information content (AvgIpc) is 2.55. The maximum atomic E-state index is 5.71. The summed E-state index contributed by atoms with van der Waals surface area (Å²) in [5.41, 5.74) is 7.62. The van der Waals surface area contributed by atoms with E-state index < -0.39 is 0 Å². The molecule has 2 N–H and O–H groups in total. The number of hydrogen-bond acceptors (Lipinski definition) is 4. The summed E-state index contributed by atoms with van der Waals surface area (Å²) in [5.74, 6) is 0.822. The molecular weight excluding hydrogens is 282 g/mol. The second-order valence-electron chi connectivity index (χ2n) is 4.23. The smallest absolute Gasteiger partial charge is 0.180 e. The van der Waals surface area contributed by atoms with Crippen LogP contribution in [0.1, 0.15) is 11.1 Å². The summed E-state index contributed by atoms with van der Waals surface area (Å²) in [6.45, 7) is 0.558. The molecule has 0 bridgehead atoms. The van der Waals surface area contributed by atoms with Crippen molar-refractivity contribution in [3.8, 4) is 5.75 Å². The quantitative estimate of drug-likeness (QED) is 0.523. The van der Waals surface area contributed by atoms with Gasteiger partial charge in [-0.05, 0) is 41.6 Å². The van der Waals surface area contributed by atoms with Gasteiger partial charge >= 0.3 is 0 Å². The molecule has 108 valence electrons. The first-order valence-electron chi connectivity index (χ1n) is 6.45. The zero-order valence-corrected chi connectivity index (χ0v) is 12.6. The van der Waals surface area contributed by atoms with Crippen molar-refractivity contribution in [2.75, 3.05) is 6.26 Å². The van der Waals surface area contributed by atoms with Gasteiger partial charge in [-0.3, -0.25) is 0 Å². The highest BCUT2D eigenvalue weighted by Crippen LogP contribution is 2.13. The van der Waals surface area contributed by atoms with E-state index in [4.69, 9.17) is 10.5 Å². The number of hydrogen-bond donors (Lipinski definition) is 1. The lowest BCUT2D eigenvalue weighted by molar-refractivity contribution is 0.306. The van der Waals surface area contributed by atoms with Crippen LogP contribution in [0.2, 0.25) is 0 Å². The highest BCUT2D eigenvalue weighted by atomic mass is 32.2. The summed E-state index contributed by atoms with van der Waals surface area (Å²) in [4.78, 5) is 0. The lowest BCUT2D eigenvalue weighted by Gasteiger charge is -2.06. The fourth-order valence-corrected chi connectivity index (χ4v) is 1.71. The molecule has 0 saturated carbocycles. The zero-order chi connectivity index (χ0) is 14.9. The lowest BCUT2D eigenvalue weighted by Crippen LogP contribution is -2.03. The van der Waals surface area contributed by atoms with Gasteiger partial charge in [-0.15, -0.1) is 5.10 Å². The molecule has 4 nitrogen and oxygen atoms in total. The van der Waals surface area contributed by atoms with E-state index in [2.05, 4.69) is 10.2 Å². The molecule has 0 atom stereocenters. The molecule has 5 heteroatoms. The van der Waals surface area contributed by atoms with E-state index in [-0.39, 0.29) is 0 Å². The zero-order valence-electron chi connectivity index (χ0n) is 11.8. The van der Waals surface area contributed by atoms with Gasteiger partial charge in [0, 0.05) is 0 Å². The van der Waals surface area contributed by atoms with Gasteiger partial charge < -0.3 is 10.5 Å². The van der Waals surface area contributed by atoms with Crippen LogP contribution in [-0.2, 0) is 6.61 Å². The standard InChI is InChI=1S/C16H17N3OS/c1-21-16(17)19-18-11-13-7-9-15(10-8-13)20-12-14-5-3-2-4-6-14/h2-11H,12H2,1H3,(H2,17,19)/b18-11-. The highest BCUT2D eigenvalue weighted by molar-refractivity contribution is 8.13. The van der Waals surface area contributed by atoms with Gasteiger partial charge in [0.25, 0.3) is 0 Å². The number of benzene rings is 2. The summed E-state index contributed by atoms with van der Waals surface area (Å²) in [6.07, 6.45) is 3.51. The molecule has 2 aromatic carbocycles. The van der Waals surface area contributed by atoms with Crippen molar-refractivity contribution in [1.29, 1.82) is 0 Å². The van der Waals surface area contributed by atoms with Gasteiger partial charge in [-0.25, -0.2) is 0 Å². The third-order valence-corrected chi connectivity index (χ3v) is 3.20. The van der Waals surface area contributed by atoms with Gasteiger partial charge in [-0.1, -0.05) is 42.1 Å². The van der Waals surface area contributed by atoms with Gasteiger partial charge in [-0.2, -0.15) is 5.10 Å². The minimum absolute atomic E-state index is 0.439. The molecule has 21 heavy (non-hydrogen) atoms. The van der Waals surface area contributed by atoms with Crippen LogP contribution < -0.4 is 10.5 Å². The minimum Gasteiger partial charge on any atom is -0.489 e. The fourth-order valence-electron chi connectivity index (χ4n) is 1.58. The Labute approximate surface area is 128 Å². The van der Waals surface area contributed by atoms with Crippen LogP contribution in [0.4, 0.5) is 0 Å². The largest absolute Gasteiger partial charge is 0.489 e. The van der Waals surface area contributed by atoms with Crippen LogP contribution in [0.5, 0.6) is 5.75 Å². The molecule has 0 spiro atoms. The molecule has 0 unspecified atom stereocenters. The van der Waals surface area contributed by atoms with E-state index in [0.717, 1.165) is 16.9 Å². The van der Waals surface area contributed by atoms with Crippen LogP contribution in [0.15, 0.2) is 64.8 Å². The Bertz CT molecular complexity index is 609. The summed E-state index contributed by atoms with van der Waals surface area (Å²) >= 11 is 1.36. The summed E-state index contributed by atoms with van der Waals surface area (Å²) < 4.78 is 5.71.